The van der Waals surface area contributed by atoms with Gasteiger partial charge in [-0.1, -0.05) is 57.7 Å². The normalized spacial score (nSPS) is 14.1. The number of hydrogen-bond acceptors (Lipinski definition) is 5. The Morgan fingerprint density at radius 2 is 1.64 bits per heavy atom. The van der Waals surface area contributed by atoms with Gasteiger partial charge in [0.1, 0.15) is 10.6 Å². The Morgan fingerprint density at radius 1 is 1.03 bits per heavy atom. The Bertz CT molecular complexity index is 1090. The van der Waals surface area contributed by atoms with Gasteiger partial charge in [0.15, 0.2) is 5.75 Å². The molecule has 2 aromatic rings. The van der Waals surface area contributed by atoms with Crippen molar-refractivity contribution in [3.8, 4) is 11.5 Å². The van der Waals surface area contributed by atoms with Crippen molar-refractivity contribution >= 4 is 21.6 Å². The lowest BCUT2D eigenvalue weighted by Crippen LogP contribution is -2.32. The highest BCUT2D eigenvalue weighted by molar-refractivity contribution is 7.89. The molecule has 0 heterocycles. The number of carbonyl (C=O) groups excluding carboxylic acids is 1. The van der Waals surface area contributed by atoms with E-state index in [1.165, 1.54) is 18.9 Å². The lowest BCUT2D eigenvalue weighted by Gasteiger charge is -2.29. The molecule has 0 saturated heterocycles. The topological polar surface area (TPSA) is 92.9 Å². The summed E-state index contributed by atoms with van der Waals surface area (Å²) in [4.78, 5) is 17.2. The van der Waals surface area contributed by atoms with Gasteiger partial charge in [0.25, 0.3) is 5.91 Å². The van der Waals surface area contributed by atoms with E-state index in [1.807, 2.05) is 18.2 Å². The van der Waals surface area contributed by atoms with Crippen molar-refractivity contribution in [2.75, 3.05) is 31.6 Å². The summed E-state index contributed by atoms with van der Waals surface area (Å²) in [6.45, 7) is 6.35. The summed E-state index contributed by atoms with van der Waals surface area (Å²) < 4.78 is 31.8. The van der Waals surface area contributed by atoms with Crippen molar-refractivity contribution in [3.05, 3.63) is 48.0 Å². The van der Waals surface area contributed by atoms with Crippen LogP contribution in [-0.4, -0.2) is 45.9 Å². The SMILES string of the molecule is CCCCN(CCCC)c1cc(C(=O)N(C)CC2CCCC2)cc(S(N)(=O)=O)c1Oc1ccccc1. The van der Waals surface area contributed by atoms with Crippen molar-refractivity contribution in [1.29, 1.82) is 0 Å². The van der Waals surface area contributed by atoms with Crippen molar-refractivity contribution in [3.63, 3.8) is 0 Å². The van der Waals surface area contributed by atoms with E-state index >= 15 is 0 Å². The maximum absolute atomic E-state index is 13.5. The number of benzene rings is 2. The van der Waals surface area contributed by atoms with Crippen LogP contribution in [0.25, 0.3) is 0 Å². The van der Waals surface area contributed by atoms with Gasteiger partial charge in [0.2, 0.25) is 10.0 Å². The molecule has 2 aromatic carbocycles. The van der Waals surface area contributed by atoms with E-state index < -0.39 is 10.0 Å². The molecular weight excluding hydrogens is 474 g/mol. The number of nitrogens with two attached hydrogens (primary N) is 1. The fourth-order valence-electron chi connectivity index (χ4n) is 4.80. The first-order chi connectivity index (χ1) is 17.2. The zero-order chi connectivity index (χ0) is 26.1. The molecule has 1 amide bonds. The van der Waals surface area contributed by atoms with Crippen LogP contribution in [0.3, 0.4) is 0 Å². The highest BCUT2D eigenvalue weighted by Crippen LogP contribution is 2.40. The third kappa shape index (κ3) is 7.46. The van der Waals surface area contributed by atoms with Gasteiger partial charge in [-0.15, -0.1) is 0 Å². The second kappa shape index (κ2) is 13.1. The van der Waals surface area contributed by atoms with Crippen molar-refractivity contribution in [1.82, 2.24) is 4.90 Å². The second-order valence-electron chi connectivity index (χ2n) is 9.81. The Balaban J connectivity index is 2.12. The largest absolute Gasteiger partial charge is 0.454 e. The number of rotatable bonds is 13. The van der Waals surface area contributed by atoms with Crippen LogP contribution in [0.5, 0.6) is 11.5 Å². The summed E-state index contributed by atoms with van der Waals surface area (Å²) in [5.41, 5.74) is 0.901. The fraction of sp³-hybridized carbons (Fsp3) is 0.536. The molecular formula is C28H41N3O4S. The zero-order valence-electron chi connectivity index (χ0n) is 21.9. The maximum atomic E-state index is 13.5. The number of nitrogens with zero attached hydrogens (tertiary/aromatic N) is 2. The number of ether oxygens (including phenoxy) is 1. The van der Waals surface area contributed by atoms with E-state index in [9.17, 15) is 13.2 Å². The minimum atomic E-state index is -4.18. The second-order valence-corrected chi connectivity index (χ2v) is 11.3. The minimum absolute atomic E-state index is 0.167. The number of anilines is 1. The maximum Gasteiger partial charge on any atom is 0.253 e. The Hall–Kier alpha value is -2.58. The molecule has 1 saturated carbocycles. The van der Waals surface area contributed by atoms with Crippen LogP contribution >= 0.6 is 0 Å². The summed E-state index contributed by atoms with van der Waals surface area (Å²) in [6.07, 6.45) is 8.47. The standard InChI is InChI=1S/C28H41N3O4S/c1-4-6-17-31(18-7-5-2)25-19-23(28(32)30(3)21-22-13-11-12-14-22)20-26(36(29,33)34)27(25)35-24-15-9-8-10-16-24/h8-10,15-16,19-20,22H,4-7,11-14,17-18,21H2,1-3H3,(H2,29,33,34). The molecule has 8 heteroatoms. The number of carbonyl (C=O) groups is 1. The number of amides is 1. The molecule has 36 heavy (non-hydrogen) atoms. The number of primary sulfonamides is 1. The third-order valence-corrected chi connectivity index (χ3v) is 7.73. The molecule has 0 aliphatic heterocycles. The van der Waals surface area contributed by atoms with E-state index in [0.717, 1.165) is 51.6 Å². The van der Waals surface area contributed by atoms with Crippen LogP contribution in [0.1, 0.15) is 75.6 Å². The third-order valence-electron chi connectivity index (χ3n) is 6.81. The molecule has 1 aliphatic carbocycles. The van der Waals surface area contributed by atoms with Gasteiger partial charge in [-0.25, -0.2) is 13.6 Å². The molecule has 0 unspecified atom stereocenters. The van der Waals surface area contributed by atoms with Crippen LogP contribution in [0, 0.1) is 5.92 Å². The van der Waals surface area contributed by atoms with Gasteiger partial charge in [0.05, 0.1) is 5.69 Å². The van der Waals surface area contributed by atoms with Crippen LogP contribution in [0.4, 0.5) is 5.69 Å². The van der Waals surface area contributed by atoms with Crippen LogP contribution in [0.2, 0.25) is 0 Å². The van der Waals surface area contributed by atoms with Gasteiger partial charge in [0, 0.05) is 32.2 Å². The predicted molar refractivity (Wildman–Crippen MR) is 145 cm³/mol. The lowest BCUT2D eigenvalue weighted by molar-refractivity contribution is 0.0773. The van der Waals surface area contributed by atoms with Gasteiger partial charge < -0.3 is 14.5 Å². The number of para-hydroxylation sites is 1. The molecule has 7 nitrogen and oxygen atoms in total. The van der Waals surface area contributed by atoms with E-state index in [0.29, 0.717) is 29.5 Å². The molecule has 1 aliphatic rings. The number of unbranched alkanes of at least 4 members (excludes halogenated alkanes) is 2. The average Bonchev–Trinajstić information content (AvgIpc) is 3.37. The fourth-order valence-corrected chi connectivity index (χ4v) is 5.50. The van der Waals surface area contributed by atoms with Crippen molar-refractivity contribution in [2.45, 2.75) is 70.1 Å². The first-order valence-corrected chi connectivity index (χ1v) is 14.7. The van der Waals surface area contributed by atoms with E-state index in [4.69, 9.17) is 9.88 Å². The first-order valence-electron chi connectivity index (χ1n) is 13.2. The minimum Gasteiger partial charge on any atom is -0.454 e. The van der Waals surface area contributed by atoms with Crippen molar-refractivity contribution in [2.24, 2.45) is 11.1 Å². The highest BCUT2D eigenvalue weighted by Gasteiger charge is 2.28. The molecule has 0 spiro atoms. The van der Waals surface area contributed by atoms with Gasteiger partial charge in [-0.3, -0.25) is 4.79 Å². The van der Waals surface area contributed by atoms with Gasteiger partial charge >= 0.3 is 0 Å². The number of hydrogen-bond donors (Lipinski definition) is 1. The monoisotopic (exact) mass is 515 g/mol. The van der Waals surface area contributed by atoms with Crippen LogP contribution in [0.15, 0.2) is 47.4 Å². The summed E-state index contributed by atoms with van der Waals surface area (Å²) in [5.74, 6) is 0.964. The van der Waals surface area contributed by atoms with Crippen molar-refractivity contribution < 1.29 is 17.9 Å². The molecule has 0 radical (unpaired) electrons. The van der Waals surface area contributed by atoms with Crippen LogP contribution < -0.4 is 14.8 Å². The molecule has 198 valence electrons. The first kappa shape index (κ1) is 28.0. The molecule has 0 atom stereocenters. The lowest BCUT2D eigenvalue weighted by atomic mass is 10.1. The summed E-state index contributed by atoms with van der Waals surface area (Å²) in [5, 5.41) is 5.71. The molecule has 0 bridgehead atoms. The van der Waals surface area contributed by atoms with Crippen LogP contribution in [-0.2, 0) is 10.0 Å². The average molecular weight is 516 g/mol. The highest BCUT2D eigenvalue weighted by atomic mass is 32.2. The molecule has 1 fully saturated rings. The van der Waals surface area contributed by atoms with Gasteiger partial charge in [-0.05, 0) is 55.9 Å². The Labute approximate surface area is 216 Å². The summed E-state index contributed by atoms with van der Waals surface area (Å²) in [6, 6.07) is 12.2. The summed E-state index contributed by atoms with van der Waals surface area (Å²) >= 11 is 0. The van der Waals surface area contributed by atoms with E-state index in [2.05, 4.69) is 18.7 Å². The van der Waals surface area contributed by atoms with E-state index in [1.54, 1.807) is 30.1 Å². The molecule has 2 N–H and O–H groups in total. The molecule has 0 aromatic heterocycles. The smallest absolute Gasteiger partial charge is 0.253 e. The summed E-state index contributed by atoms with van der Waals surface area (Å²) in [7, 11) is -2.39. The predicted octanol–water partition coefficient (Wildman–Crippen LogP) is 5.80. The quantitative estimate of drug-likeness (QED) is 0.364. The Morgan fingerprint density at radius 3 is 2.19 bits per heavy atom. The number of sulfonamides is 1. The van der Waals surface area contributed by atoms with E-state index in [-0.39, 0.29) is 16.6 Å². The van der Waals surface area contributed by atoms with Gasteiger partial charge in [-0.2, -0.15) is 0 Å². The molecule has 3 rings (SSSR count). The Kier molecular flexibility index (Phi) is 10.2. The zero-order valence-corrected chi connectivity index (χ0v) is 22.7.